The molecule has 5 heteroatoms. The average molecular weight is 297 g/mol. The fraction of sp³-hybridized carbons (Fsp3) is 0.214. The number of hydrogen-bond acceptors (Lipinski definition) is 3. The van der Waals surface area contributed by atoms with Gasteiger partial charge >= 0.3 is 0 Å². The first-order chi connectivity index (χ1) is 9.08. The summed E-state index contributed by atoms with van der Waals surface area (Å²) in [7, 11) is 0. The summed E-state index contributed by atoms with van der Waals surface area (Å²) < 4.78 is 14.0. The number of benzene rings is 1. The second-order valence-corrected chi connectivity index (χ2v) is 5.71. The molecule has 2 nitrogen and oxygen atoms in total. The first kappa shape index (κ1) is 14.3. The van der Waals surface area contributed by atoms with Crippen LogP contribution in [0.1, 0.15) is 12.5 Å². The lowest BCUT2D eigenvalue weighted by Gasteiger charge is -2.12. The monoisotopic (exact) mass is 296 g/mol. The second-order valence-electron chi connectivity index (χ2n) is 4.30. The molecule has 1 unspecified atom stereocenters. The van der Waals surface area contributed by atoms with Crippen LogP contribution in [0.5, 0.6) is 0 Å². The highest BCUT2D eigenvalue weighted by Gasteiger charge is 2.13. The molecular weight excluding hydrogens is 283 g/mol. The minimum atomic E-state index is -0.273. The van der Waals surface area contributed by atoms with Gasteiger partial charge in [0.25, 0.3) is 0 Å². The van der Waals surface area contributed by atoms with Crippen LogP contribution in [0.15, 0.2) is 46.5 Å². The molecule has 1 aromatic heterocycles. The molecule has 1 atom stereocenters. The number of hydrogen-bond donors (Lipinski definition) is 1. The highest BCUT2D eigenvalue weighted by molar-refractivity contribution is 7.99. The number of halogens is 2. The predicted molar refractivity (Wildman–Crippen MR) is 77.1 cm³/mol. The minimum absolute atomic E-state index is 0.0274. The lowest BCUT2D eigenvalue weighted by atomic mass is 10.1. The first-order valence-electron chi connectivity index (χ1n) is 5.89. The van der Waals surface area contributed by atoms with E-state index in [1.54, 1.807) is 24.4 Å². The zero-order chi connectivity index (χ0) is 13.8. The zero-order valence-corrected chi connectivity index (χ0v) is 12.0. The Morgan fingerprint density at radius 1 is 1.37 bits per heavy atom. The van der Waals surface area contributed by atoms with Crippen molar-refractivity contribution in [2.24, 2.45) is 5.73 Å². The number of rotatable bonds is 4. The van der Waals surface area contributed by atoms with E-state index >= 15 is 0 Å². The van der Waals surface area contributed by atoms with Crippen LogP contribution < -0.4 is 5.73 Å². The third-order valence-corrected chi connectivity index (χ3v) is 4.11. The Labute approximate surface area is 121 Å². The smallest absolute Gasteiger partial charge is 0.137 e. The lowest BCUT2D eigenvalue weighted by Crippen LogP contribution is -2.18. The molecule has 0 aliphatic rings. The molecule has 2 rings (SSSR count). The Morgan fingerprint density at radius 3 is 2.84 bits per heavy atom. The number of nitrogens with zero attached hydrogens (tertiary/aromatic N) is 1. The summed E-state index contributed by atoms with van der Waals surface area (Å²) in [5.74, 6) is -0.273. The van der Waals surface area contributed by atoms with Crippen molar-refractivity contribution in [1.82, 2.24) is 4.98 Å². The molecule has 0 amide bonds. The van der Waals surface area contributed by atoms with Gasteiger partial charge in [0.1, 0.15) is 10.8 Å². The van der Waals surface area contributed by atoms with E-state index in [0.29, 0.717) is 21.4 Å². The molecule has 0 bridgehead atoms. The molecule has 0 saturated heterocycles. The summed E-state index contributed by atoms with van der Waals surface area (Å²) in [5, 5.41) is 1.11. The third kappa shape index (κ3) is 3.69. The van der Waals surface area contributed by atoms with Crippen LogP contribution in [0.3, 0.4) is 0 Å². The van der Waals surface area contributed by atoms with Crippen molar-refractivity contribution in [1.29, 1.82) is 0 Å². The summed E-state index contributed by atoms with van der Waals surface area (Å²) in [4.78, 5) is 4.71. The summed E-state index contributed by atoms with van der Waals surface area (Å²) in [6.45, 7) is 1.90. The Bertz CT molecular complexity index is 575. The van der Waals surface area contributed by atoms with Crippen molar-refractivity contribution in [3.05, 3.63) is 52.9 Å². The van der Waals surface area contributed by atoms with Gasteiger partial charge in [0, 0.05) is 12.2 Å². The average Bonchev–Trinajstić information content (AvgIpc) is 2.35. The van der Waals surface area contributed by atoms with Crippen molar-refractivity contribution in [2.75, 3.05) is 0 Å². The lowest BCUT2D eigenvalue weighted by molar-refractivity contribution is 0.592. The maximum absolute atomic E-state index is 14.0. The molecule has 2 aromatic rings. The van der Waals surface area contributed by atoms with E-state index in [0.717, 1.165) is 5.56 Å². The number of pyridine rings is 1. The Kier molecular flexibility index (Phi) is 4.80. The minimum Gasteiger partial charge on any atom is -0.328 e. The summed E-state index contributed by atoms with van der Waals surface area (Å²) in [5.41, 5.74) is 6.67. The molecule has 0 radical (unpaired) electrons. The summed E-state index contributed by atoms with van der Waals surface area (Å²) in [6.07, 6.45) is 2.25. The predicted octanol–water partition coefficient (Wildman–Crippen LogP) is 3.92. The van der Waals surface area contributed by atoms with Gasteiger partial charge in [0.15, 0.2) is 0 Å². The van der Waals surface area contributed by atoms with Gasteiger partial charge < -0.3 is 5.73 Å². The third-order valence-electron chi connectivity index (χ3n) is 2.51. The van der Waals surface area contributed by atoms with E-state index in [4.69, 9.17) is 17.3 Å². The maximum atomic E-state index is 14.0. The normalized spacial score (nSPS) is 12.4. The molecular formula is C14H14ClFN2S. The SMILES string of the molecule is CC(N)Cc1cccc(F)c1Sc1ncccc1Cl. The van der Waals surface area contributed by atoms with Crippen molar-refractivity contribution in [2.45, 2.75) is 29.3 Å². The van der Waals surface area contributed by atoms with E-state index in [-0.39, 0.29) is 11.9 Å². The molecule has 2 N–H and O–H groups in total. The molecule has 0 aliphatic heterocycles. The molecule has 0 spiro atoms. The topological polar surface area (TPSA) is 38.9 Å². The molecule has 0 fully saturated rings. The van der Waals surface area contributed by atoms with Gasteiger partial charge in [0.05, 0.1) is 9.92 Å². The highest BCUT2D eigenvalue weighted by atomic mass is 35.5. The molecule has 0 saturated carbocycles. The van der Waals surface area contributed by atoms with Crippen LogP contribution in [-0.2, 0) is 6.42 Å². The maximum Gasteiger partial charge on any atom is 0.137 e. The van der Waals surface area contributed by atoms with Gasteiger partial charge in [-0.05, 0) is 37.1 Å². The molecule has 100 valence electrons. The molecule has 19 heavy (non-hydrogen) atoms. The van der Waals surface area contributed by atoms with Gasteiger partial charge in [-0.2, -0.15) is 0 Å². The highest BCUT2D eigenvalue weighted by Crippen LogP contribution is 2.35. The Balaban J connectivity index is 2.36. The van der Waals surface area contributed by atoms with Crippen molar-refractivity contribution < 1.29 is 4.39 Å². The van der Waals surface area contributed by atoms with E-state index in [1.807, 2.05) is 13.0 Å². The van der Waals surface area contributed by atoms with Gasteiger partial charge in [-0.3, -0.25) is 0 Å². The number of nitrogens with two attached hydrogens (primary N) is 1. The van der Waals surface area contributed by atoms with Gasteiger partial charge in [-0.25, -0.2) is 9.37 Å². The largest absolute Gasteiger partial charge is 0.328 e. The fourth-order valence-electron chi connectivity index (χ4n) is 1.72. The van der Waals surface area contributed by atoms with E-state index in [1.165, 1.54) is 17.8 Å². The van der Waals surface area contributed by atoms with Crippen LogP contribution in [-0.4, -0.2) is 11.0 Å². The van der Waals surface area contributed by atoms with E-state index in [2.05, 4.69) is 4.98 Å². The summed E-state index contributed by atoms with van der Waals surface area (Å²) in [6, 6.07) is 8.46. The van der Waals surface area contributed by atoms with E-state index in [9.17, 15) is 4.39 Å². The molecule has 0 aliphatic carbocycles. The Morgan fingerprint density at radius 2 is 2.16 bits per heavy atom. The van der Waals surface area contributed by atoms with Crippen LogP contribution in [0.25, 0.3) is 0 Å². The Hall–Kier alpha value is -1.10. The van der Waals surface area contributed by atoms with Crippen LogP contribution in [0, 0.1) is 5.82 Å². The van der Waals surface area contributed by atoms with Crippen LogP contribution in [0.4, 0.5) is 4.39 Å². The molecule has 1 aromatic carbocycles. The second kappa shape index (κ2) is 6.37. The van der Waals surface area contributed by atoms with Crippen molar-refractivity contribution >= 4 is 23.4 Å². The molecule has 1 heterocycles. The number of aromatic nitrogens is 1. The quantitative estimate of drug-likeness (QED) is 0.929. The van der Waals surface area contributed by atoms with E-state index < -0.39 is 0 Å². The van der Waals surface area contributed by atoms with Gasteiger partial charge in [-0.1, -0.05) is 35.5 Å². The van der Waals surface area contributed by atoms with Gasteiger partial charge in [0.2, 0.25) is 0 Å². The van der Waals surface area contributed by atoms with Crippen LogP contribution in [0.2, 0.25) is 5.02 Å². The first-order valence-corrected chi connectivity index (χ1v) is 7.08. The zero-order valence-electron chi connectivity index (χ0n) is 10.4. The van der Waals surface area contributed by atoms with Crippen molar-refractivity contribution in [3.8, 4) is 0 Å². The standard InChI is InChI=1S/C14H14ClFN2S/c1-9(17)8-10-4-2-6-12(16)13(10)19-14-11(15)5-3-7-18-14/h2-7,9H,8,17H2,1H3. The van der Waals surface area contributed by atoms with Crippen molar-refractivity contribution in [3.63, 3.8) is 0 Å². The fourth-order valence-corrected chi connectivity index (χ4v) is 2.88. The van der Waals surface area contributed by atoms with Crippen LogP contribution >= 0.6 is 23.4 Å². The van der Waals surface area contributed by atoms with Gasteiger partial charge in [-0.15, -0.1) is 0 Å². The summed E-state index contributed by atoms with van der Waals surface area (Å²) >= 11 is 7.29.